The van der Waals surface area contributed by atoms with Crippen LogP contribution in [-0.2, 0) is 24.0 Å². The van der Waals surface area contributed by atoms with E-state index in [-0.39, 0.29) is 5.92 Å². The lowest BCUT2D eigenvalue weighted by Crippen LogP contribution is -2.49. The summed E-state index contributed by atoms with van der Waals surface area (Å²) >= 11 is 0. The van der Waals surface area contributed by atoms with E-state index in [0.29, 0.717) is 5.06 Å². The van der Waals surface area contributed by atoms with E-state index in [4.69, 9.17) is 9.57 Å². The Bertz CT molecular complexity index is 500. The Morgan fingerprint density at radius 1 is 1.14 bits per heavy atom. The van der Waals surface area contributed by atoms with E-state index in [1.54, 1.807) is 34.6 Å². The lowest BCUT2D eigenvalue weighted by atomic mass is 10.1. The smallest absolute Gasteiger partial charge is 0.408 e. The van der Waals surface area contributed by atoms with Gasteiger partial charge in [-0.15, -0.1) is 0 Å². The molecule has 1 aliphatic rings. The number of hydrogen-bond acceptors (Lipinski definition) is 6. The average molecular weight is 312 g/mol. The molecule has 1 aliphatic heterocycles. The van der Waals surface area contributed by atoms with Gasteiger partial charge in [0.2, 0.25) is 0 Å². The second-order valence-corrected chi connectivity index (χ2v) is 6.08. The number of nitrogens with one attached hydrogen (secondary N) is 1. The molecule has 0 saturated carbocycles. The molecule has 22 heavy (non-hydrogen) atoms. The van der Waals surface area contributed by atoms with E-state index in [1.807, 2.05) is 0 Å². The molecule has 0 aromatic carbocycles. The number of hydrogen-bond donors (Lipinski definition) is 1. The van der Waals surface area contributed by atoms with Gasteiger partial charge in [-0.1, -0.05) is 18.9 Å². The zero-order valence-electron chi connectivity index (χ0n) is 13.2. The van der Waals surface area contributed by atoms with E-state index in [9.17, 15) is 19.2 Å². The molecule has 0 bridgehead atoms. The standard InChI is InChI=1S/C14H20N2O6/c1-8(2)11(15-13(20)21-14(3,4)5)12(19)22-16-9(17)6-7-10(16)18/h6-8,11H,1-5H3,(H,15,20)/t11-/m0/s1. The molecule has 3 amide bonds. The van der Waals surface area contributed by atoms with E-state index in [1.165, 1.54) is 0 Å². The van der Waals surface area contributed by atoms with Crippen LogP contribution in [0.25, 0.3) is 0 Å². The van der Waals surface area contributed by atoms with E-state index >= 15 is 0 Å². The zero-order valence-corrected chi connectivity index (χ0v) is 13.2. The Morgan fingerprint density at radius 3 is 2.05 bits per heavy atom. The predicted molar refractivity (Wildman–Crippen MR) is 75.1 cm³/mol. The highest BCUT2D eigenvalue weighted by Crippen LogP contribution is 2.12. The van der Waals surface area contributed by atoms with Crippen molar-refractivity contribution in [3.8, 4) is 0 Å². The van der Waals surface area contributed by atoms with Crippen molar-refractivity contribution in [3.63, 3.8) is 0 Å². The number of alkyl carbamates (subject to hydrolysis) is 1. The summed E-state index contributed by atoms with van der Waals surface area (Å²) in [7, 11) is 0. The summed E-state index contributed by atoms with van der Waals surface area (Å²) in [4.78, 5) is 51.3. The first-order chi connectivity index (χ1) is 10.0. The normalized spacial score (nSPS) is 16.0. The lowest BCUT2D eigenvalue weighted by molar-refractivity contribution is -0.198. The van der Waals surface area contributed by atoms with Crippen LogP contribution < -0.4 is 5.32 Å². The summed E-state index contributed by atoms with van der Waals surface area (Å²) in [6.45, 7) is 8.40. The van der Waals surface area contributed by atoms with Crippen molar-refractivity contribution in [2.45, 2.75) is 46.3 Å². The molecule has 8 heteroatoms. The van der Waals surface area contributed by atoms with Crippen molar-refractivity contribution in [1.82, 2.24) is 10.4 Å². The van der Waals surface area contributed by atoms with Gasteiger partial charge in [-0.25, -0.2) is 9.59 Å². The van der Waals surface area contributed by atoms with Gasteiger partial charge in [-0.05, 0) is 26.7 Å². The second-order valence-electron chi connectivity index (χ2n) is 6.08. The minimum Gasteiger partial charge on any atom is -0.444 e. The second kappa shape index (κ2) is 6.59. The van der Waals surface area contributed by atoms with Gasteiger partial charge in [0.05, 0.1) is 0 Å². The van der Waals surface area contributed by atoms with Gasteiger partial charge >= 0.3 is 12.1 Å². The largest absolute Gasteiger partial charge is 0.444 e. The monoisotopic (exact) mass is 312 g/mol. The number of carbonyl (C=O) groups excluding carboxylic acids is 4. The highest BCUT2D eigenvalue weighted by molar-refractivity contribution is 6.12. The van der Waals surface area contributed by atoms with E-state index in [0.717, 1.165) is 12.2 Å². The number of carbonyl (C=O) groups is 4. The minimum atomic E-state index is -1.06. The number of hydroxylamine groups is 2. The molecule has 1 rings (SSSR count). The van der Waals surface area contributed by atoms with Crippen molar-refractivity contribution in [1.29, 1.82) is 0 Å². The van der Waals surface area contributed by atoms with Crippen molar-refractivity contribution < 1.29 is 28.8 Å². The third kappa shape index (κ3) is 4.87. The van der Waals surface area contributed by atoms with Crippen LogP contribution in [0.4, 0.5) is 4.79 Å². The third-order valence-electron chi connectivity index (χ3n) is 2.54. The fraction of sp³-hybridized carbons (Fsp3) is 0.571. The molecule has 1 heterocycles. The van der Waals surface area contributed by atoms with Gasteiger partial charge < -0.3 is 14.9 Å². The molecule has 0 saturated heterocycles. The van der Waals surface area contributed by atoms with Gasteiger partial charge in [0.25, 0.3) is 11.8 Å². The molecular weight excluding hydrogens is 292 g/mol. The maximum absolute atomic E-state index is 12.1. The van der Waals surface area contributed by atoms with Crippen molar-refractivity contribution in [2.75, 3.05) is 0 Å². The van der Waals surface area contributed by atoms with Gasteiger partial charge in [-0.3, -0.25) is 9.59 Å². The highest BCUT2D eigenvalue weighted by Gasteiger charge is 2.34. The first kappa shape index (κ1) is 17.7. The van der Waals surface area contributed by atoms with Crippen LogP contribution in [0.3, 0.4) is 0 Å². The molecule has 0 aliphatic carbocycles. The number of amides is 3. The van der Waals surface area contributed by atoms with Gasteiger partial charge in [0.1, 0.15) is 11.6 Å². The van der Waals surface area contributed by atoms with Crippen LogP contribution in [0.1, 0.15) is 34.6 Å². The van der Waals surface area contributed by atoms with Gasteiger partial charge in [0.15, 0.2) is 0 Å². The molecule has 0 radical (unpaired) electrons. The highest BCUT2D eigenvalue weighted by atomic mass is 16.7. The zero-order chi connectivity index (χ0) is 17.1. The Hall–Kier alpha value is -2.38. The summed E-state index contributed by atoms with van der Waals surface area (Å²) in [5.41, 5.74) is -0.722. The first-order valence-corrected chi connectivity index (χ1v) is 6.78. The Kier molecular flexibility index (Phi) is 5.29. The molecule has 0 fully saturated rings. The number of rotatable bonds is 4. The lowest BCUT2D eigenvalue weighted by Gasteiger charge is -2.25. The van der Waals surface area contributed by atoms with Crippen LogP contribution >= 0.6 is 0 Å². The van der Waals surface area contributed by atoms with Gasteiger partial charge in [0, 0.05) is 12.2 Å². The molecular formula is C14H20N2O6. The predicted octanol–water partition coefficient (Wildman–Crippen LogP) is 0.919. The van der Waals surface area contributed by atoms with Crippen LogP contribution in [0, 0.1) is 5.92 Å². The van der Waals surface area contributed by atoms with Crippen molar-refractivity contribution in [3.05, 3.63) is 12.2 Å². The van der Waals surface area contributed by atoms with Gasteiger partial charge in [-0.2, -0.15) is 0 Å². The molecule has 0 aromatic rings. The molecule has 8 nitrogen and oxygen atoms in total. The molecule has 122 valence electrons. The quantitative estimate of drug-likeness (QED) is 0.774. The van der Waals surface area contributed by atoms with E-state index in [2.05, 4.69) is 5.32 Å². The van der Waals surface area contributed by atoms with Crippen molar-refractivity contribution >= 4 is 23.9 Å². The maximum Gasteiger partial charge on any atom is 0.408 e. The number of nitrogens with zero attached hydrogens (tertiary/aromatic N) is 1. The first-order valence-electron chi connectivity index (χ1n) is 6.78. The van der Waals surface area contributed by atoms with Crippen molar-refractivity contribution in [2.24, 2.45) is 5.92 Å². The van der Waals surface area contributed by atoms with Crippen LogP contribution in [0.15, 0.2) is 12.2 Å². The summed E-state index contributed by atoms with van der Waals surface area (Å²) in [6.07, 6.45) is 1.18. The van der Waals surface area contributed by atoms with Crippen LogP contribution in [0.5, 0.6) is 0 Å². The van der Waals surface area contributed by atoms with Crippen LogP contribution in [0.2, 0.25) is 0 Å². The molecule has 0 unspecified atom stereocenters. The molecule has 0 spiro atoms. The topological polar surface area (TPSA) is 102 Å². The third-order valence-corrected chi connectivity index (χ3v) is 2.54. The molecule has 0 aromatic heterocycles. The Labute approximate surface area is 128 Å². The number of imide groups is 1. The summed E-state index contributed by atoms with van der Waals surface area (Å²) < 4.78 is 5.06. The summed E-state index contributed by atoms with van der Waals surface area (Å²) in [5.74, 6) is -2.76. The number of ether oxygens (including phenoxy) is 1. The average Bonchev–Trinajstić information content (AvgIpc) is 2.65. The van der Waals surface area contributed by atoms with Crippen LogP contribution in [-0.4, -0.2) is 40.6 Å². The SMILES string of the molecule is CC(C)[C@H](NC(=O)OC(C)(C)C)C(=O)ON1C(=O)C=CC1=O. The molecule has 1 N–H and O–H groups in total. The fourth-order valence-electron chi connectivity index (χ4n) is 1.56. The fourth-order valence-corrected chi connectivity index (χ4v) is 1.56. The molecule has 1 atom stereocenters. The summed E-state index contributed by atoms with van der Waals surface area (Å²) in [6, 6.07) is -1.06. The summed E-state index contributed by atoms with van der Waals surface area (Å²) in [5, 5.41) is 2.71. The Balaban J connectivity index is 2.70. The maximum atomic E-state index is 12.1. The minimum absolute atomic E-state index is 0.333. The van der Waals surface area contributed by atoms with E-state index < -0.39 is 35.5 Å². The Morgan fingerprint density at radius 2 is 1.64 bits per heavy atom.